The van der Waals surface area contributed by atoms with Gasteiger partial charge in [-0.05, 0) is 61.9 Å². The van der Waals surface area contributed by atoms with Gasteiger partial charge in [-0.25, -0.2) is 0 Å². The minimum atomic E-state index is -1.48. The van der Waals surface area contributed by atoms with Gasteiger partial charge in [-0.3, -0.25) is 29.5 Å². The van der Waals surface area contributed by atoms with Crippen molar-refractivity contribution in [2.75, 3.05) is 12.0 Å². The molecular formula is C42H39N3O6. The highest BCUT2D eigenvalue weighted by Crippen LogP contribution is 2.65. The van der Waals surface area contributed by atoms with Crippen molar-refractivity contribution >= 4 is 29.3 Å². The summed E-state index contributed by atoms with van der Waals surface area (Å²) in [6.45, 7) is 4.26. The summed E-state index contributed by atoms with van der Waals surface area (Å²) in [6, 6.07) is 31.4. The zero-order chi connectivity index (χ0) is 35.4. The van der Waals surface area contributed by atoms with Gasteiger partial charge in [-0.1, -0.05) is 102 Å². The molecule has 2 heterocycles. The number of carbonyl (C=O) groups is 4. The Morgan fingerprint density at radius 2 is 1.53 bits per heavy atom. The Morgan fingerprint density at radius 3 is 2.24 bits per heavy atom. The Morgan fingerprint density at radius 1 is 0.824 bits per heavy atom. The molecule has 0 bridgehead atoms. The van der Waals surface area contributed by atoms with Crippen molar-refractivity contribution < 1.29 is 29.0 Å². The average Bonchev–Trinajstić information content (AvgIpc) is 3.51. The van der Waals surface area contributed by atoms with Gasteiger partial charge in [0.2, 0.25) is 11.8 Å². The monoisotopic (exact) mass is 681 g/mol. The summed E-state index contributed by atoms with van der Waals surface area (Å²) in [5.41, 5.74) is 5.93. The number of nitrogens with one attached hydrogen (secondary N) is 1. The van der Waals surface area contributed by atoms with Gasteiger partial charge < -0.3 is 9.84 Å². The number of rotatable bonds is 8. The standard InChI is InChI=1S/C42H39N3O6/c1-3-51-34-16-10-15-31(37(34)46)36-29-21-22-30-35(40(49)44(38(30)47)24-26-11-6-4-7-12-26)32(29)23-33-39(48)45(43-28-19-17-25(2)18-20-28)41(50)42(33,36)27-13-8-5-9-14-27/h4-21,30,32-33,35-36,43,46H,3,22-24H2,1-2H3. The molecule has 4 aromatic carbocycles. The zero-order valence-corrected chi connectivity index (χ0v) is 28.5. The summed E-state index contributed by atoms with van der Waals surface area (Å²) in [6.07, 6.45) is 2.48. The molecule has 8 rings (SSSR count). The number of allylic oxidation sites excluding steroid dienone is 2. The molecule has 0 radical (unpaired) electrons. The van der Waals surface area contributed by atoms with E-state index < -0.39 is 46.8 Å². The largest absolute Gasteiger partial charge is 0.504 e. The van der Waals surface area contributed by atoms with Gasteiger partial charge in [0.25, 0.3) is 11.8 Å². The van der Waals surface area contributed by atoms with Gasteiger partial charge in [0.15, 0.2) is 11.5 Å². The molecule has 6 atom stereocenters. The van der Waals surface area contributed by atoms with E-state index in [1.54, 1.807) is 18.2 Å². The maximum Gasteiger partial charge on any atom is 0.260 e. The highest BCUT2D eigenvalue weighted by atomic mass is 16.5. The number of likely N-dealkylation sites (tertiary alicyclic amines) is 1. The van der Waals surface area contributed by atoms with E-state index in [-0.39, 0.29) is 36.3 Å². The second kappa shape index (κ2) is 12.6. The van der Waals surface area contributed by atoms with Crippen LogP contribution in [0.4, 0.5) is 5.69 Å². The van der Waals surface area contributed by atoms with Crippen molar-refractivity contribution in [1.82, 2.24) is 9.91 Å². The molecule has 258 valence electrons. The van der Waals surface area contributed by atoms with Gasteiger partial charge in [-0.15, -0.1) is 0 Å². The smallest absolute Gasteiger partial charge is 0.260 e. The summed E-state index contributed by atoms with van der Waals surface area (Å²) >= 11 is 0. The fraction of sp³-hybridized carbons (Fsp3) is 0.286. The predicted molar refractivity (Wildman–Crippen MR) is 190 cm³/mol. The molecule has 51 heavy (non-hydrogen) atoms. The number of nitrogens with zero attached hydrogens (tertiary/aromatic N) is 2. The number of anilines is 1. The van der Waals surface area contributed by atoms with Crippen molar-refractivity contribution in [3.8, 4) is 11.5 Å². The van der Waals surface area contributed by atoms with Gasteiger partial charge in [-0.2, -0.15) is 5.01 Å². The number of carbonyl (C=O) groups excluding carboxylic acids is 4. The number of fused-ring (bicyclic) bond motifs is 4. The number of hydrogen-bond acceptors (Lipinski definition) is 7. The first kappa shape index (κ1) is 32.5. The zero-order valence-electron chi connectivity index (χ0n) is 28.5. The highest BCUT2D eigenvalue weighted by Gasteiger charge is 2.70. The second-order valence-corrected chi connectivity index (χ2v) is 14.0. The average molecular weight is 682 g/mol. The molecule has 2 saturated heterocycles. The van der Waals surface area contributed by atoms with Crippen LogP contribution in [-0.2, 0) is 31.1 Å². The maximum atomic E-state index is 15.3. The number of imide groups is 2. The molecule has 1 saturated carbocycles. The van der Waals surface area contributed by atoms with Gasteiger partial charge in [0, 0.05) is 11.5 Å². The molecule has 4 aromatic rings. The SMILES string of the molecule is CCOc1cccc(C2C3=CCC4C(=O)N(Cc5ccccc5)C(=O)C4C3CC3C(=O)N(Nc4ccc(C)cc4)C(=O)C32c2ccccc2)c1O. The van der Waals surface area contributed by atoms with Gasteiger partial charge >= 0.3 is 0 Å². The van der Waals surface area contributed by atoms with Crippen LogP contribution in [0.1, 0.15) is 47.9 Å². The van der Waals surface area contributed by atoms with Crippen molar-refractivity contribution in [1.29, 1.82) is 0 Å². The Hall–Kier alpha value is -5.70. The van der Waals surface area contributed by atoms with Crippen molar-refractivity contribution in [3.63, 3.8) is 0 Å². The Bertz CT molecular complexity index is 2060. The van der Waals surface area contributed by atoms with E-state index in [1.165, 1.54) is 4.90 Å². The number of aromatic hydroxyl groups is 1. The molecule has 4 aliphatic rings. The number of hydrogen-bond donors (Lipinski definition) is 2. The first-order chi connectivity index (χ1) is 24.7. The molecule has 6 unspecified atom stereocenters. The van der Waals surface area contributed by atoms with Crippen LogP contribution in [0.3, 0.4) is 0 Å². The molecule has 0 spiro atoms. The van der Waals surface area contributed by atoms with E-state index in [2.05, 4.69) is 5.43 Å². The molecular weight excluding hydrogens is 642 g/mol. The summed E-state index contributed by atoms with van der Waals surface area (Å²) in [5.74, 6) is -4.81. The summed E-state index contributed by atoms with van der Waals surface area (Å²) in [4.78, 5) is 59.8. The van der Waals surface area contributed by atoms with E-state index in [9.17, 15) is 19.5 Å². The topological polar surface area (TPSA) is 116 Å². The molecule has 0 aromatic heterocycles. The van der Waals surface area contributed by atoms with Crippen LogP contribution in [0.5, 0.6) is 11.5 Å². The van der Waals surface area contributed by atoms with E-state index in [0.29, 0.717) is 29.8 Å². The molecule has 3 fully saturated rings. The van der Waals surface area contributed by atoms with E-state index >= 15 is 4.79 Å². The van der Waals surface area contributed by atoms with Gasteiger partial charge in [0.05, 0.1) is 42.0 Å². The summed E-state index contributed by atoms with van der Waals surface area (Å²) in [7, 11) is 0. The second-order valence-electron chi connectivity index (χ2n) is 14.0. The molecule has 4 amide bonds. The van der Waals surface area contributed by atoms with E-state index in [4.69, 9.17) is 4.74 Å². The van der Waals surface area contributed by atoms with Crippen LogP contribution in [0.25, 0.3) is 0 Å². The third-order valence-electron chi connectivity index (χ3n) is 11.3. The number of aryl methyl sites for hydroxylation is 1. The molecule has 9 heteroatoms. The van der Waals surface area contributed by atoms with Crippen molar-refractivity contribution in [3.05, 3.63) is 137 Å². The van der Waals surface area contributed by atoms with Crippen LogP contribution in [0, 0.1) is 30.6 Å². The number of amides is 4. The highest BCUT2D eigenvalue weighted by molar-refractivity contribution is 6.13. The molecule has 9 nitrogen and oxygen atoms in total. The minimum Gasteiger partial charge on any atom is -0.504 e. The van der Waals surface area contributed by atoms with Crippen LogP contribution >= 0.6 is 0 Å². The third kappa shape index (κ3) is 4.97. The number of ether oxygens (including phenoxy) is 1. The lowest BCUT2D eigenvalue weighted by Gasteiger charge is -2.50. The number of phenolic OH excluding ortho intramolecular Hbond substituents is 1. The van der Waals surface area contributed by atoms with Crippen molar-refractivity contribution in [2.45, 2.75) is 44.6 Å². The quantitative estimate of drug-likeness (QED) is 0.166. The Balaban J connectivity index is 1.31. The third-order valence-corrected chi connectivity index (χ3v) is 11.3. The minimum absolute atomic E-state index is 0.119. The van der Waals surface area contributed by atoms with Crippen LogP contribution in [0.2, 0.25) is 0 Å². The van der Waals surface area contributed by atoms with E-state index in [0.717, 1.165) is 21.7 Å². The lowest BCUT2D eigenvalue weighted by Crippen LogP contribution is -2.53. The lowest BCUT2D eigenvalue weighted by molar-refractivity contribution is -0.142. The molecule has 2 aliphatic carbocycles. The van der Waals surface area contributed by atoms with Crippen molar-refractivity contribution in [2.24, 2.45) is 23.7 Å². The maximum absolute atomic E-state index is 15.3. The fourth-order valence-electron chi connectivity index (χ4n) is 9.12. The molecule has 2 aliphatic heterocycles. The fourth-order valence-corrected chi connectivity index (χ4v) is 9.12. The van der Waals surface area contributed by atoms with Crippen LogP contribution in [-0.4, -0.2) is 45.3 Å². The predicted octanol–water partition coefficient (Wildman–Crippen LogP) is 6.28. The number of hydrazine groups is 1. The first-order valence-electron chi connectivity index (χ1n) is 17.6. The summed E-state index contributed by atoms with van der Waals surface area (Å²) < 4.78 is 5.83. The lowest BCUT2D eigenvalue weighted by atomic mass is 9.49. The van der Waals surface area contributed by atoms with Crippen LogP contribution < -0.4 is 10.2 Å². The Kier molecular flexibility index (Phi) is 8.01. The molecule has 2 N–H and O–H groups in total. The number of benzene rings is 4. The number of para-hydroxylation sites is 1. The Labute approximate surface area is 296 Å². The van der Waals surface area contributed by atoms with E-state index in [1.807, 2.05) is 105 Å². The first-order valence-corrected chi connectivity index (χ1v) is 17.6. The number of phenols is 1. The summed E-state index contributed by atoms with van der Waals surface area (Å²) in [5, 5.41) is 13.0. The van der Waals surface area contributed by atoms with Gasteiger partial charge in [0.1, 0.15) is 0 Å². The van der Waals surface area contributed by atoms with Crippen LogP contribution in [0.15, 0.2) is 115 Å². The normalized spacial score (nSPS) is 26.8.